The first-order chi connectivity index (χ1) is 18.4. The third-order valence-electron chi connectivity index (χ3n) is 6.00. The van der Waals surface area contributed by atoms with Gasteiger partial charge in [-0.25, -0.2) is 16.8 Å². The molecule has 2 atom stereocenters. The molecule has 1 amide bonds. The number of sulfonamides is 2. The maximum Gasteiger partial charge on any atom is 0.265 e. The molecule has 2 unspecified atom stereocenters. The number of carbonyl (C=O) groups excluding carboxylic acids is 1. The summed E-state index contributed by atoms with van der Waals surface area (Å²) >= 11 is 0. The van der Waals surface area contributed by atoms with Crippen LogP contribution in [0.3, 0.4) is 0 Å². The normalized spacial score (nSPS) is 18.2. The van der Waals surface area contributed by atoms with Gasteiger partial charge in [0.2, 0.25) is 5.91 Å². The third-order valence-corrected chi connectivity index (χ3v) is 9.16. The summed E-state index contributed by atoms with van der Waals surface area (Å²) in [6.07, 6.45) is 1.22. The van der Waals surface area contributed by atoms with E-state index in [9.17, 15) is 21.6 Å². The summed E-state index contributed by atoms with van der Waals surface area (Å²) in [6, 6.07) is 17.6. The zero-order chi connectivity index (χ0) is 28.4. The van der Waals surface area contributed by atoms with E-state index in [0.717, 1.165) is 15.6 Å². The number of amides is 1. The fourth-order valence-corrected chi connectivity index (χ4v) is 6.57. The molecule has 1 aliphatic rings. The molecule has 0 radical (unpaired) electrons. The summed E-state index contributed by atoms with van der Waals surface area (Å²) in [6.45, 7) is 4.94. The third kappa shape index (κ3) is 6.31. The van der Waals surface area contributed by atoms with Crippen LogP contribution in [0, 0.1) is 0 Å². The van der Waals surface area contributed by atoms with E-state index in [-0.39, 0.29) is 21.4 Å². The average molecular weight is 572 g/mol. The fourth-order valence-electron chi connectivity index (χ4n) is 4.12. The summed E-state index contributed by atoms with van der Waals surface area (Å²) in [4.78, 5) is 17.1. The van der Waals surface area contributed by atoms with Crippen LogP contribution in [0.15, 0.2) is 94.2 Å². The maximum atomic E-state index is 13.5. The van der Waals surface area contributed by atoms with Crippen molar-refractivity contribution >= 4 is 37.3 Å². The molecule has 0 saturated heterocycles. The lowest BCUT2D eigenvalue weighted by atomic mass is 10.00. The standard InChI is InChI=1S/C27H29N3O7S2/c1-18-17-19(2)30(37-27(18)21-5-11-24(36-4)12-6-21)39(34,35)26-15-9-23(10-16-26)29-38(32,33)25-13-7-22(8-14-25)28-20(3)31/h5-17,19,27,29H,1-4H3,(H,28,31). The van der Waals surface area contributed by atoms with Crippen LogP contribution in [0.1, 0.15) is 32.4 Å². The summed E-state index contributed by atoms with van der Waals surface area (Å²) in [5.41, 5.74) is 2.28. The van der Waals surface area contributed by atoms with Gasteiger partial charge < -0.3 is 10.1 Å². The molecule has 0 fully saturated rings. The van der Waals surface area contributed by atoms with Crippen LogP contribution in [-0.4, -0.2) is 40.4 Å². The van der Waals surface area contributed by atoms with Crippen LogP contribution < -0.4 is 14.8 Å². The summed E-state index contributed by atoms with van der Waals surface area (Å²) in [5.74, 6) is 0.400. The maximum absolute atomic E-state index is 13.5. The molecule has 39 heavy (non-hydrogen) atoms. The highest BCUT2D eigenvalue weighted by Crippen LogP contribution is 2.36. The number of nitrogens with zero attached hydrogens (tertiary/aromatic N) is 1. The van der Waals surface area contributed by atoms with E-state index in [1.807, 2.05) is 25.1 Å². The highest BCUT2D eigenvalue weighted by Gasteiger charge is 2.36. The predicted octanol–water partition coefficient (Wildman–Crippen LogP) is 4.47. The van der Waals surface area contributed by atoms with Gasteiger partial charge >= 0.3 is 0 Å². The second-order valence-corrected chi connectivity index (χ2v) is 12.5. The number of hydrogen-bond acceptors (Lipinski definition) is 7. The Kier molecular flexibility index (Phi) is 8.12. The second-order valence-electron chi connectivity index (χ2n) is 9.01. The number of hydrogen-bond donors (Lipinski definition) is 2. The Labute approximate surface area is 228 Å². The molecule has 1 heterocycles. The van der Waals surface area contributed by atoms with Gasteiger partial charge in [-0.15, -0.1) is 0 Å². The van der Waals surface area contributed by atoms with Crippen LogP contribution in [0.4, 0.5) is 11.4 Å². The van der Waals surface area contributed by atoms with E-state index in [2.05, 4.69) is 10.0 Å². The van der Waals surface area contributed by atoms with Crippen LogP contribution in [-0.2, 0) is 29.7 Å². The Balaban J connectivity index is 1.52. The monoisotopic (exact) mass is 571 g/mol. The minimum absolute atomic E-state index is 0.0180. The van der Waals surface area contributed by atoms with Crippen molar-refractivity contribution in [3.63, 3.8) is 0 Å². The summed E-state index contributed by atoms with van der Waals surface area (Å²) in [7, 11) is -6.47. The van der Waals surface area contributed by atoms with Crippen LogP contribution >= 0.6 is 0 Å². The zero-order valence-electron chi connectivity index (χ0n) is 21.8. The van der Waals surface area contributed by atoms with Gasteiger partial charge in [-0.2, -0.15) is 0 Å². The Morgan fingerprint density at radius 3 is 2.00 bits per heavy atom. The number of benzene rings is 3. The number of nitrogens with one attached hydrogen (secondary N) is 2. The van der Waals surface area contributed by atoms with Crippen molar-refractivity contribution in [1.29, 1.82) is 0 Å². The molecule has 0 aliphatic carbocycles. The first kappa shape index (κ1) is 28.3. The van der Waals surface area contributed by atoms with Gasteiger partial charge in [0.05, 0.1) is 22.9 Å². The van der Waals surface area contributed by atoms with Gasteiger partial charge in [-0.3, -0.25) is 14.4 Å². The number of anilines is 2. The molecular weight excluding hydrogens is 542 g/mol. The van der Waals surface area contributed by atoms with Crippen LogP contribution in [0.25, 0.3) is 0 Å². The molecule has 206 valence electrons. The van der Waals surface area contributed by atoms with Crippen molar-refractivity contribution in [1.82, 2.24) is 4.47 Å². The van der Waals surface area contributed by atoms with Crippen LogP contribution in [0.2, 0.25) is 0 Å². The molecule has 1 aliphatic heterocycles. The molecule has 12 heteroatoms. The minimum atomic E-state index is -4.09. The summed E-state index contributed by atoms with van der Waals surface area (Å²) in [5, 5.41) is 2.57. The fraction of sp³-hybridized carbons (Fsp3) is 0.222. The quantitative estimate of drug-likeness (QED) is 0.382. The van der Waals surface area contributed by atoms with Gasteiger partial charge in [0.15, 0.2) is 0 Å². The van der Waals surface area contributed by atoms with Gasteiger partial charge in [-0.1, -0.05) is 22.7 Å². The molecule has 10 nitrogen and oxygen atoms in total. The SMILES string of the molecule is COc1ccc(C2ON(S(=O)(=O)c3ccc(NS(=O)(=O)c4ccc(NC(C)=O)cc4)cc3)C(C)C=C2C)cc1. The number of methoxy groups -OCH3 is 1. The van der Waals surface area contributed by atoms with Gasteiger partial charge in [0.1, 0.15) is 11.9 Å². The lowest BCUT2D eigenvalue weighted by Crippen LogP contribution is -2.41. The van der Waals surface area contributed by atoms with E-state index in [1.165, 1.54) is 55.5 Å². The number of rotatable bonds is 8. The van der Waals surface area contributed by atoms with E-state index in [4.69, 9.17) is 9.57 Å². The smallest absolute Gasteiger partial charge is 0.265 e. The zero-order valence-corrected chi connectivity index (χ0v) is 23.4. The largest absolute Gasteiger partial charge is 0.497 e. The number of ether oxygens (including phenoxy) is 1. The van der Waals surface area contributed by atoms with Crippen molar-refractivity contribution in [3.8, 4) is 5.75 Å². The second kappa shape index (κ2) is 11.2. The molecule has 4 rings (SSSR count). The van der Waals surface area contributed by atoms with Crippen LogP contribution in [0.5, 0.6) is 5.75 Å². The van der Waals surface area contributed by atoms with Crippen molar-refractivity contribution in [2.45, 2.75) is 42.7 Å². The van der Waals surface area contributed by atoms with Gasteiger partial charge in [0.25, 0.3) is 20.0 Å². The molecule has 2 N–H and O–H groups in total. The highest BCUT2D eigenvalue weighted by atomic mass is 32.2. The molecule has 0 bridgehead atoms. The van der Waals surface area contributed by atoms with Crippen molar-refractivity contribution in [2.24, 2.45) is 0 Å². The Bertz CT molecular complexity index is 1580. The lowest BCUT2D eigenvalue weighted by molar-refractivity contribution is -0.143. The summed E-state index contributed by atoms with van der Waals surface area (Å²) < 4.78 is 61.2. The Morgan fingerprint density at radius 1 is 0.872 bits per heavy atom. The molecule has 3 aromatic rings. The van der Waals surface area contributed by atoms with Crippen molar-refractivity contribution < 1.29 is 31.2 Å². The Morgan fingerprint density at radius 2 is 1.44 bits per heavy atom. The van der Waals surface area contributed by atoms with E-state index in [1.54, 1.807) is 26.2 Å². The molecule has 0 spiro atoms. The topological polar surface area (TPSA) is 131 Å². The molecule has 0 aromatic heterocycles. The first-order valence-corrected chi connectivity index (χ1v) is 14.9. The van der Waals surface area contributed by atoms with Gasteiger partial charge in [-0.05, 0) is 85.6 Å². The lowest BCUT2D eigenvalue weighted by Gasteiger charge is -2.35. The average Bonchev–Trinajstić information content (AvgIpc) is 2.89. The molecular formula is C27H29N3O7S2. The predicted molar refractivity (Wildman–Crippen MR) is 147 cm³/mol. The van der Waals surface area contributed by atoms with E-state index < -0.39 is 32.2 Å². The highest BCUT2D eigenvalue weighted by molar-refractivity contribution is 7.92. The number of hydroxylamine groups is 1. The molecule has 3 aromatic carbocycles. The van der Waals surface area contributed by atoms with E-state index >= 15 is 0 Å². The van der Waals surface area contributed by atoms with Crippen molar-refractivity contribution in [2.75, 3.05) is 17.1 Å². The Hall–Kier alpha value is -3.71. The van der Waals surface area contributed by atoms with Gasteiger partial charge in [0, 0.05) is 18.3 Å². The number of carbonyl (C=O) groups is 1. The minimum Gasteiger partial charge on any atom is -0.497 e. The van der Waals surface area contributed by atoms with Crippen molar-refractivity contribution in [3.05, 3.63) is 90.0 Å². The first-order valence-electron chi connectivity index (χ1n) is 11.9. The molecule has 0 saturated carbocycles. The van der Waals surface area contributed by atoms with E-state index in [0.29, 0.717) is 11.4 Å².